The van der Waals surface area contributed by atoms with Crippen molar-refractivity contribution < 1.29 is 38.9 Å². The van der Waals surface area contributed by atoms with E-state index in [-0.39, 0.29) is 54.7 Å². The summed E-state index contributed by atoms with van der Waals surface area (Å²) in [7, 11) is 14.4. The Morgan fingerprint density at radius 3 is 1.13 bits per heavy atom. The van der Waals surface area contributed by atoms with Crippen molar-refractivity contribution in [2.24, 2.45) is 0 Å². The highest BCUT2D eigenvalue weighted by atomic mass is 33.1. The van der Waals surface area contributed by atoms with E-state index in [0.29, 0.717) is 55.9 Å². The highest BCUT2D eigenvalue weighted by Gasteiger charge is 2.46. The average molecular weight is 1260 g/mol. The normalized spacial score (nSPS) is 13.4. The molecule has 5 unspecified atom stereocenters. The number of ether oxygens (including phenoxy) is 2. The summed E-state index contributed by atoms with van der Waals surface area (Å²) in [4.78, 5) is 57.6. The number of nitrogens with zero attached hydrogens (tertiary/aromatic N) is 2. The first-order valence-electron chi connectivity index (χ1n) is 27.0. The van der Waals surface area contributed by atoms with E-state index in [0.717, 1.165) is 33.4 Å². The van der Waals surface area contributed by atoms with Crippen molar-refractivity contribution >= 4 is 122 Å². The lowest BCUT2D eigenvalue weighted by atomic mass is 9.68. The summed E-state index contributed by atoms with van der Waals surface area (Å²) in [5, 5.41) is 22.8. The largest absolute Gasteiger partial charge is 0.508 e. The van der Waals surface area contributed by atoms with Crippen molar-refractivity contribution in [2.75, 3.05) is 9.80 Å². The molecule has 1 aliphatic carbocycles. The number of carbonyl (C=O) groups excluding carboxylic acids is 4. The second-order valence-corrected chi connectivity index (χ2v) is 47.6. The smallest absolute Gasteiger partial charge is 0.266 e. The number of aromatic hydroxyl groups is 2. The molecule has 4 amide bonds. The van der Waals surface area contributed by atoms with Crippen molar-refractivity contribution in [2.45, 2.75) is 39.5 Å². The number of phenolic OH excluding ortho intramolecular Hbond substituents is 2. The van der Waals surface area contributed by atoms with Gasteiger partial charge in [0.2, 0.25) is 0 Å². The molecule has 422 valence electrons. The second kappa shape index (κ2) is 26.1. The second-order valence-electron chi connectivity index (χ2n) is 19.6. The Hall–Kier alpha value is -6.36. The number of carbonyl (C=O) groups is 4. The van der Waals surface area contributed by atoms with E-state index in [1.54, 1.807) is 84.9 Å². The SMILES string of the molecule is CC.CCC.O=C1c2ccc(Oc3ccc(C4(c5ccc(Oc6ccc7c(c6)C(=O)N(c6cccc8cc(O)ccc68)C7=O)cc5)c5ccccc5-c5ccccc54)cc3)cc2C(=O)N1c1cccc2cc(O)ccc12.PP(P)P(P)P(P)P. The summed E-state index contributed by atoms with van der Waals surface area (Å²) in [6.07, 6.45) is 1.25. The first-order valence-corrected chi connectivity index (χ1v) is 40.5. The van der Waals surface area contributed by atoms with Crippen molar-refractivity contribution in [1.29, 1.82) is 0 Å². The fourth-order valence-corrected chi connectivity index (χ4v) is 39.7. The standard InChI is InChI=1S/C61H36N2O8.C3H8.C2H6.H10P8/c64-39-19-27-45-35(31-39)7-5-13-55(45)62-57(66)49-29-25-43(33-51(49)59(62)68)70-41-21-15-37(16-22-41)61(53-11-3-1-9-47(53)48-10-2-4-12-54(48)61)38-17-23-42(24-18-38)71-44-26-30-50-52(34-44)60(69)63(58(50)67)56-14-6-8-36-32-40(65)20-28-46(36)56;1-3-2;1-2;1-6(2)8(5)7(3)4/h1-34,64-65H;3H2,1-2H3;1-2H3;1-5H2. The molecule has 5 atom stereocenters. The fraction of sp³-hybridized carbons (Fsp3) is 0.0909. The van der Waals surface area contributed by atoms with Crippen LogP contribution in [0.3, 0.4) is 0 Å². The molecule has 18 heteroatoms. The molecule has 0 spiro atoms. The van der Waals surface area contributed by atoms with Gasteiger partial charge >= 0.3 is 0 Å². The van der Waals surface area contributed by atoms with Crippen LogP contribution in [0.25, 0.3) is 32.7 Å². The molecular formula is C66H60N2O8P8. The van der Waals surface area contributed by atoms with Crippen LogP contribution in [0, 0.1) is 0 Å². The molecule has 0 radical (unpaired) electrons. The molecule has 84 heavy (non-hydrogen) atoms. The third-order valence-electron chi connectivity index (χ3n) is 14.4. The van der Waals surface area contributed by atoms with E-state index in [2.05, 4.69) is 107 Å². The van der Waals surface area contributed by atoms with Gasteiger partial charge in [0.15, 0.2) is 0 Å². The van der Waals surface area contributed by atoms with Gasteiger partial charge in [0, 0.05) is 10.8 Å². The average Bonchev–Trinajstić information content (AvgIpc) is 2.08. The van der Waals surface area contributed by atoms with Gasteiger partial charge in [-0.15, -0.1) is 44.6 Å². The van der Waals surface area contributed by atoms with E-state index < -0.39 is 29.0 Å². The van der Waals surface area contributed by atoms with Crippen LogP contribution in [-0.2, 0) is 5.41 Å². The van der Waals surface area contributed by atoms with Gasteiger partial charge in [-0.25, -0.2) is 9.80 Å². The third-order valence-corrected chi connectivity index (χ3v) is 52.2. The monoisotopic (exact) mass is 1260 g/mol. The van der Waals surface area contributed by atoms with E-state index in [4.69, 9.17) is 9.47 Å². The molecule has 2 N–H and O–H groups in total. The first kappa shape index (κ1) is 60.8. The minimum atomic E-state index is -0.751. The summed E-state index contributed by atoms with van der Waals surface area (Å²) >= 11 is 0. The number of anilines is 2. The van der Waals surface area contributed by atoms with Gasteiger partial charge in [-0.2, -0.15) is 0 Å². The third kappa shape index (κ3) is 11.5. The maximum atomic E-state index is 13.9. The van der Waals surface area contributed by atoms with Crippen LogP contribution in [0.2, 0.25) is 0 Å². The Kier molecular flexibility index (Phi) is 18.9. The maximum absolute atomic E-state index is 13.9. The zero-order chi connectivity index (χ0) is 59.6. The minimum Gasteiger partial charge on any atom is -0.508 e. The Labute approximate surface area is 503 Å². The van der Waals surface area contributed by atoms with Crippen LogP contribution >= 0.6 is 65.6 Å². The Bertz CT molecular complexity index is 3920. The molecule has 0 saturated heterocycles. The molecule has 0 saturated carbocycles. The van der Waals surface area contributed by atoms with Crippen molar-refractivity contribution in [3.63, 3.8) is 0 Å². The van der Waals surface area contributed by atoms with Gasteiger partial charge in [0.1, 0.15) is 34.5 Å². The van der Waals surface area contributed by atoms with Crippen LogP contribution in [0.4, 0.5) is 11.4 Å². The number of rotatable bonds is 10. The van der Waals surface area contributed by atoms with Crippen LogP contribution in [0.1, 0.15) is 97.8 Å². The Morgan fingerprint density at radius 1 is 0.405 bits per heavy atom. The Balaban J connectivity index is 0.000000551. The highest BCUT2D eigenvalue weighted by Crippen LogP contribution is 3.00. The van der Waals surface area contributed by atoms with Crippen LogP contribution in [0.5, 0.6) is 34.5 Å². The predicted molar refractivity (Wildman–Crippen MR) is 367 cm³/mol. The van der Waals surface area contributed by atoms with Crippen LogP contribution in [0.15, 0.2) is 206 Å². The Morgan fingerprint density at radius 2 is 0.762 bits per heavy atom. The summed E-state index contributed by atoms with van der Waals surface area (Å²) < 4.78 is 12.8. The van der Waals surface area contributed by atoms with E-state index >= 15 is 0 Å². The van der Waals surface area contributed by atoms with E-state index in [1.807, 2.05) is 74.5 Å². The molecule has 0 fully saturated rings. The fourth-order valence-electron chi connectivity index (χ4n) is 10.9. The molecule has 3 aliphatic rings. The number of fused-ring (bicyclic) bond motifs is 7. The van der Waals surface area contributed by atoms with Crippen LogP contribution < -0.4 is 19.3 Å². The molecular weight excluding hydrogens is 1200 g/mol. The molecule has 13 rings (SSSR count). The zero-order valence-electron chi connectivity index (χ0n) is 46.3. The summed E-state index contributed by atoms with van der Waals surface area (Å²) in [5.74, 6) is 0.235. The lowest BCUT2D eigenvalue weighted by Crippen LogP contribution is -2.29. The maximum Gasteiger partial charge on any atom is 0.266 e. The van der Waals surface area contributed by atoms with Gasteiger partial charge in [-0.3, -0.25) is 19.2 Å². The number of amides is 4. The number of hydrogen-bond donors (Lipinski definition) is 2. The minimum absolute atomic E-state index is 0.0883. The topological polar surface area (TPSA) is 134 Å². The van der Waals surface area contributed by atoms with Crippen molar-refractivity contribution in [3.05, 3.63) is 251 Å². The quantitative estimate of drug-likeness (QED) is 0.102. The lowest BCUT2D eigenvalue weighted by Gasteiger charge is -2.34. The summed E-state index contributed by atoms with van der Waals surface area (Å²) in [5.41, 5.74) is 7.54. The molecule has 10 aromatic carbocycles. The summed E-state index contributed by atoms with van der Waals surface area (Å²) in [6.45, 7) is 8.74. The predicted octanol–water partition coefficient (Wildman–Crippen LogP) is 19.6. The van der Waals surface area contributed by atoms with Gasteiger partial charge in [-0.1, -0.05) is 131 Å². The molecule has 2 heterocycles. The molecule has 2 aliphatic heterocycles. The van der Waals surface area contributed by atoms with Crippen LogP contribution in [-0.4, -0.2) is 33.8 Å². The number of phenols is 2. The molecule has 10 aromatic rings. The summed E-state index contributed by atoms with van der Waals surface area (Å²) in [6, 6.07) is 62.6. The van der Waals surface area contributed by atoms with Crippen molar-refractivity contribution in [1.82, 2.24) is 0 Å². The van der Waals surface area contributed by atoms with E-state index in [1.165, 1.54) is 28.4 Å². The molecule has 0 aromatic heterocycles. The lowest BCUT2D eigenvalue weighted by molar-refractivity contribution is 0.0910. The highest BCUT2D eigenvalue weighted by molar-refractivity contribution is 9.06. The first-order chi connectivity index (χ1) is 40.6. The van der Waals surface area contributed by atoms with Gasteiger partial charge < -0.3 is 19.7 Å². The number of benzene rings is 10. The number of hydrogen-bond acceptors (Lipinski definition) is 8. The molecule has 10 nitrogen and oxygen atoms in total. The van der Waals surface area contributed by atoms with Gasteiger partial charge in [-0.05, 0) is 174 Å². The van der Waals surface area contributed by atoms with E-state index in [9.17, 15) is 29.4 Å². The van der Waals surface area contributed by atoms with Gasteiger partial charge in [0.25, 0.3) is 23.6 Å². The number of imide groups is 2. The van der Waals surface area contributed by atoms with Gasteiger partial charge in [0.05, 0.1) is 39.0 Å². The van der Waals surface area contributed by atoms with Crippen molar-refractivity contribution in [3.8, 4) is 45.6 Å². The molecule has 0 bridgehead atoms. The zero-order valence-corrected chi connectivity index (χ0v) is 54.8.